The molecule has 2 saturated heterocycles. The van der Waals surface area contributed by atoms with Gasteiger partial charge in [-0.05, 0) is 42.0 Å². The third kappa shape index (κ3) is 3.90. The molecule has 3 aliphatic rings. The summed E-state index contributed by atoms with van der Waals surface area (Å²) in [6.45, 7) is 8.30. The van der Waals surface area contributed by atoms with Crippen LogP contribution in [0.5, 0.6) is 0 Å². The fourth-order valence-electron chi connectivity index (χ4n) is 5.48. The highest BCUT2D eigenvalue weighted by Crippen LogP contribution is 2.46. The van der Waals surface area contributed by atoms with E-state index in [1.807, 2.05) is 4.90 Å². The molecule has 3 heterocycles. The molecule has 2 unspecified atom stereocenters. The maximum atomic E-state index is 13.3. The van der Waals surface area contributed by atoms with Gasteiger partial charge in [0.2, 0.25) is 0 Å². The van der Waals surface area contributed by atoms with Crippen molar-refractivity contribution in [2.45, 2.75) is 49.8 Å². The SMILES string of the molecule is CC1CC(C)(C)CC2(C1)NC(=O)N(CN1CCN(S(=O)(=O)c3cccs3)CC1)C2=O. The standard InChI is InChI=1S/C20H30N4O4S2/c1-15-11-19(2,3)13-20(12-15)17(25)24(18(26)21-20)14-22-6-8-23(9-7-22)30(27,28)16-5-4-10-29-16/h4-5,10,15H,6-9,11-14H2,1-3H3,(H,21,26). The predicted molar refractivity (Wildman–Crippen MR) is 114 cm³/mol. The molecule has 10 heteroatoms. The molecule has 1 saturated carbocycles. The maximum Gasteiger partial charge on any atom is 0.326 e. The molecule has 2 atom stereocenters. The van der Waals surface area contributed by atoms with Gasteiger partial charge in [0.05, 0.1) is 6.67 Å². The van der Waals surface area contributed by atoms with E-state index in [2.05, 4.69) is 26.1 Å². The molecule has 2 aliphatic heterocycles. The monoisotopic (exact) mass is 454 g/mol. The lowest BCUT2D eigenvalue weighted by Crippen LogP contribution is -2.55. The Labute approximate surface area is 182 Å². The van der Waals surface area contributed by atoms with Crippen LogP contribution in [0.1, 0.15) is 40.0 Å². The van der Waals surface area contributed by atoms with E-state index in [4.69, 9.17) is 0 Å². The number of nitrogens with one attached hydrogen (secondary N) is 1. The van der Waals surface area contributed by atoms with Crippen LogP contribution in [-0.2, 0) is 14.8 Å². The summed E-state index contributed by atoms with van der Waals surface area (Å²) < 4.78 is 27.2. The highest BCUT2D eigenvalue weighted by Gasteiger charge is 2.56. The van der Waals surface area contributed by atoms with E-state index in [9.17, 15) is 18.0 Å². The number of urea groups is 1. The first kappa shape index (κ1) is 21.7. The Bertz CT molecular complexity index is 923. The number of amides is 3. The van der Waals surface area contributed by atoms with Crippen molar-refractivity contribution >= 4 is 33.3 Å². The molecule has 0 radical (unpaired) electrons. The minimum Gasteiger partial charge on any atom is -0.323 e. The van der Waals surface area contributed by atoms with Gasteiger partial charge in [0.15, 0.2) is 0 Å². The zero-order valence-electron chi connectivity index (χ0n) is 17.8. The Morgan fingerprint density at radius 2 is 1.87 bits per heavy atom. The summed E-state index contributed by atoms with van der Waals surface area (Å²) >= 11 is 1.21. The molecule has 30 heavy (non-hydrogen) atoms. The van der Waals surface area contributed by atoms with Gasteiger partial charge in [-0.15, -0.1) is 11.3 Å². The van der Waals surface area contributed by atoms with E-state index >= 15 is 0 Å². The van der Waals surface area contributed by atoms with Crippen LogP contribution < -0.4 is 5.32 Å². The second-order valence-corrected chi connectivity index (χ2v) is 12.8. The molecule has 1 aromatic rings. The van der Waals surface area contributed by atoms with Gasteiger partial charge in [0.1, 0.15) is 9.75 Å². The van der Waals surface area contributed by atoms with Crippen molar-refractivity contribution < 1.29 is 18.0 Å². The van der Waals surface area contributed by atoms with Gasteiger partial charge in [0.25, 0.3) is 15.9 Å². The summed E-state index contributed by atoms with van der Waals surface area (Å²) in [5.41, 5.74) is -0.805. The van der Waals surface area contributed by atoms with Crippen LogP contribution >= 0.6 is 11.3 Å². The second kappa shape index (κ2) is 7.58. The topological polar surface area (TPSA) is 90.0 Å². The minimum absolute atomic E-state index is 0.00159. The number of carbonyl (C=O) groups is 2. The predicted octanol–water partition coefficient (Wildman–Crippen LogP) is 2.15. The molecule has 0 aromatic carbocycles. The molecular weight excluding hydrogens is 424 g/mol. The number of nitrogens with zero attached hydrogens (tertiary/aromatic N) is 3. The van der Waals surface area contributed by atoms with Gasteiger partial charge in [-0.25, -0.2) is 18.1 Å². The first-order chi connectivity index (χ1) is 14.0. The van der Waals surface area contributed by atoms with E-state index in [1.54, 1.807) is 17.5 Å². The Morgan fingerprint density at radius 3 is 2.47 bits per heavy atom. The minimum atomic E-state index is -3.47. The third-order valence-corrected chi connectivity index (χ3v) is 9.66. The van der Waals surface area contributed by atoms with Crippen molar-refractivity contribution in [2.24, 2.45) is 11.3 Å². The quantitative estimate of drug-likeness (QED) is 0.704. The molecule has 0 bridgehead atoms. The Balaban J connectivity index is 1.40. The fourth-order valence-corrected chi connectivity index (χ4v) is 8.05. The smallest absolute Gasteiger partial charge is 0.323 e. The normalized spacial score (nSPS) is 30.8. The average molecular weight is 455 g/mol. The van der Waals surface area contributed by atoms with Crippen LogP contribution in [0.3, 0.4) is 0 Å². The Kier molecular flexibility index (Phi) is 5.49. The van der Waals surface area contributed by atoms with E-state index in [1.165, 1.54) is 20.5 Å². The van der Waals surface area contributed by atoms with Gasteiger partial charge in [0, 0.05) is 26.2 Å². The van der Waals surface area contributed by atoms with E-state index in [0.29, 0.717) is 49.1 Å². The average Bonchev–Trinajstić information content (AvgIpc) is 3.25. The zero-order valence-corrected chi connectivity index (χ0v) is 19.4. The van der Waals surface area contributed by atoms with Crippen molar-refractivity contribution in [3.8, 4) is 0 Å². The summed E-state index contributed by atoms with van der Waals surface area (Å²) in [5, 5.41) is 4.76. The number of hydrogen-bond donors (Lipinski definition) is 1. The van der Waals surface area contributed by atoms with Crippen LogP contribution in [0.25, 0.3) is 0 Å². The molecule has 1 spiro atoms. The van der Waals surface area contributed by atoms with Crippen molar-refractivity contribution in [1.82, 2.24) is 19.4 Å². The molecule has 4 rings (SSSR count). The molecule has 3 fully saturated rings. The Hall–Kier alpha value is -1.49. The molecule has 166 valence electrons. The number of hydrogen-bond acceptors (Lipinski definition) is 6. The number of rotatable bonds is 4. The maximum absolute atomic E-state index is 13.3. The zero-order chi connectivity index (χ0) is 21.7. The molecule has 1 aliphatic carbocycles. The number of carbonyl (C=O) groups excluding carboxylic acids is 2. The van der Waals surface area contributed by atoms with Crippen LogP contribution in [0.15, 0.2) is 21.7 Å². The second-order valence-electron chi connectivity index (χ2n) is 9.70. The lowest BCUT2D eigenvalue weighted by atomic mass is 9.64. The van der Waals surface area contributed by atoms with E-state index < -0.39 is 15.6 Å². The largest absolute Gasteiger partial charge is 0.326 e. The number of piperazine rings is 1. The summed E-state index contributed by atoms with van der Waals surface area (Å²) in [4.78, 5) is 29.3. The lowest BCUT2D eigenvalue weighted by molar-refractivity contribution is -0.136. The van der Waals surface area contributed by atoms with Gasteiger partial charge in [-0.3, -0.25) is 9.69 Å². The summed E-state index contributed by atoms with van der Waals surface area (Å²) in [6.07, 6.45) is 2.36. The van der Waals surface area contributed by atoms with Crippen LogP contribution in [0.2, 0.25) is 0 Å². The fraction of sp³-hybridized carbons (Fsp3) is 0.700. The van der Waals surface area contributed by atoms with Crippen LogP contribution in [-0.4, -0.2) is 72.8 Å². The van der Waals surface area contributed by atoms with Crippen molar-refractivity contribution in [3.63, 3.8) is 0 Å². The van der Waals surface area contributed by atoms with Crippen molar-refractivity contribution in [2.75, 3.05) is 32.8 Å². The lowest BCUT2D eigenvalue weighted by Gasteiger charge is -2.44. The summed E-state index contributed by atoms with van der Waals surface area (Å²) in [6, 6.07) is 3.01. The summed E-state index contributed by atoms with van der Waals surface area (Å²) in [7, 11) is -3.47. The highest BCUT2D eigenvalue weighted by atomic mass is 32.2. The van der Waals surface area contributed by atoms with Gasteiger partial charge in [-0.2, -0.15) is 4.31 Å². The van der Waals surface area contributed by atoms with Crippen molar-refractivity contribution in [3.05, 3.63) is 17.5 Å². The van der Waals surface area contributed by atoms with Gasteiger partial charge in [-0.1, -0.05) is 26.8 Å². The Morgan fingerprint density at radius 1 is 1.17 bits per heavy atom. The molecule has 1 aromatic heterocycles. The van der Waals surface area contributed by atoms with Crippen molar-refractivity contribution in [1.29, 1.82) is 0 Å². The van der Waals surface area contributed by atoms with Gasteiger partial charge >= 0.3 is 6.03 Å². The van der Waals surface area contributed by atoms with Gasteiger partial charge < -0.3 is 5.32 Å². The van der Waals surface area contributed by atoms with E-state index in [-0.39, 0.29) is 24.0 Å². The molecule has 1 N–H and O–H groups in total. The first-order valence-electron chi connectivity index (χ1n) is 10.4. The highest BCUT2D eigenvalue weighted by molar-refractivity contribution is 7.91. The summed E-state index contributed by atoms with van der Waals surface area (Å²) in [5.74, 6) is 0.227. The first-order valence-corrected chi connectivity index (χ1v) is 12.7. The molecule has 8 nitrogen and oxygen atoms in total. The number of imide groups is 1. The molecular formula is C20H30N4O4S2. The van der Waals surface area contributed by atoms with Crippen LogP contribution in [0, 0.1) is 11.3 Å². The van der Waals surface area contributed by atoms with E-state index in [0.717, 1.165) is 6.42 Å². The van der Waals surface area contributed by atoms with Crippen LogP contribution in [0.4, 0.5) is 4.79 Å². The number of sulfonamides is 1. The number of thiophene rings is 1. The third-order valence-electron chi connectivity index (χ3n) is 6.39. The molecule has 3 amide bonds.